The SMILES string of the molecule is Cc1ccc(CNC(=O)Cn2nnc(-c3cccs3)n2)cc1F. The fraction of sp³-hybridized carbons (Fsp3) is 0.200. The lowest BCUT2D eigenvalue weighted by Gasteiger charge is -2.05. The molecule has 1 amide bonds. The largest absolute Gasteiger partial charge is 0.350 e. The predicted octanol–water partition coefficient (Wildman–Crippen LogP) is 2.17. The molecule has 118 valence electrons. The van der Waals surface area contributed by atoms with Gasteiger partial charge in [-0.1, -0.05) is 18.2 Å². The molecule has 0 radical (unpaired) electrons. The van der Waals surface area contributed by atoms with Crippen LogP contribution in [-0.4, -0.2) is 26.1 Å². The molecule has 6 nitrogen and oxygen atoms in total. The van der Waals surface area contributed by atoms with Crippen molar-refractivity contribution in [3.8, 4) is 10.7 Å². The van der Waals surface area contributed by atoms with Gasteiger partial charge in [-0.05, 0) is 40.8 Å². The Morgan fingerprint density at radius 3 is 3.00 bits per heavy atom. The number of thiophene rings is 1. The van der Waals surface area contributed by atoms with E-state index in [4.69, 9.17) is 0 Å². The molecule has 0 saturated carbocycles. The predicted molar refractivity (Wildman–Crippen MR) is 84.1 cm³/mol. The highest BCUT2D eigenvalue weighted by molar-refractivity contribution is 7.13. The Morgan fingerprint density at radius 1 is 1.39 bits per heavy atom. The monoisotopic (exact) mass is 331 g/mol. The number of rotatable bonds is 5. The maximum atomic E-state index is 13.4. The number of amides is 1. The summed E-state index contributed by atoms with van der Waals surface area (Å²) in [6.45, 7) is 1.91. The number of benzene rings is 1. The second kappa shape index (κ2) is 6.66. The van der Waals surface area contributed by atoms with Crippen LogP contribution in [0.25, 0.3) is 10.7 Å². The smallest absolute Gasteiger partial charge is 0.243 e. The average molecular weight is 331 g/mol. The number of aromatic nitrogens is 4. The maximum absolute atomic E-state index is 13.4. The van der Waals surface area contributed by atoms with Gasteiger partial charge in [0.2, 0.25) is 11.7 Å². The van der Waals surface area contributed by atoms with E-state index in [1.54, 1.807) is 19.1 Å². The molecule has 1 aromatic carbocycles. The van der Waals surface area contributed by atoms with Crippen LogP contribution in [0.2, 0.25) is 0 Å². The van der Waals surface area contributed by atoms with Crippen molar-refractivity contribution in [1.29, 1.82) is 0 Å². The maximum Gasteiger partial charge on any atom is 0.243 e. The Morgan fingerprint density at radius 2 is 2.26 bits per heavy atom. The molecule has 0 unspecified atom stereocenters. The number of tetrazole rings is 1. The van der Waals surface area contributed by atoms with Crippen LogP contribution in [0.4, 0.5) is 4.39 Å². The number of hydrogen-bond donors (Lipinski definition) is 1. The summed E-state index contributed by atoms with van der Waals surface area (Å²) in [6, 6.07) is 8.66. The Balaban J connectivity index is 1.56. The fourth-order valence-electron chi connectivity index (χ4n) is 1.95. The number of nitrogens with zero attached hydrogens (tertiary/aromatic N) is 4. The van der Waals surface area contributed by atoms with Crippen molar-refractivity contribution in [2.75, 3.05) is 0 Å². The molecule has 2 heterocycles. The van der Waals surface area contributed by atoms with Crippen LogP contribution in [0.5, 0.6) is 0 Å². The Hall–Kier alpha value is -2.61. The summed E-state index contributed by atoms with van der Waals surface area (Å²) < 4.78 is 13.4. The quantitative estimate of drug-likeness (QED) is 0.778. The van der Waals surface area contributed by atoms with E-state index in [0.29, 0.717) is 17.0 Å². The van der Waals surface area contributed by atoms with Crippen LogP contribution >= 0.6 is 11.3 Å². The fourth-order valence-corrected chi connectivity index (χ4v) is 2.59. The van der Waals surface area contributed by atoms with Crippen LogP contribution in [0.3, 0.4) is 0 Å². The number of halogens is 1. The van der Waals surface area contributed by atoms with Crippen molar-refractivity contribution in [3.63, 3.8) is 0 Å². The molecule has 0 aliphatic heterocycles. The van der Waals surface area contributed by atoms with Crippen molar-refractivity contribution >= 4 is 17.2 Å². The van der Waals surface area contributed by atoms with Crippen LogP contribution in [0, 0.1) is 12.7 Å². The lowest BCUT2D eigenvalue weighted by Crippen LogP contribution is -2.28. The van der Waals surface area contributed by atoms with E-state index in [0.717, 1.165) is 4.88 Å². The standard InChI is InChI=1S/C15H14FN5OS/c1-10-4-5-11(7-12(10)16)8-17-14(22)9-21-19-15(18-20-21)13-3-2-6-23-13/h2-7H,8-9H2,1H3,(H,17,22). The Labute approximate surface area is 136 Å². The zero-order valence-electron chi connectivity index (χ0n) is 12.4. The zero-order chi connectivity index (χ0) is 16.2. The summed E-state index contributed by atoms with van der Waals surface area (Å²) in [6.07, 6.45) is 0. The van der Waals surface area contributed by atoms with Crippen LogP contribution in [0.15, 0.2) is 35.7 Å². The molecule has 0 aliphatic carbocycles. The zero-order valence-corrected chi connectivity index (χ0v) is 13.2. The first-order valence-corrected chi connectivity index (χ1v) is 7.83. The molecule has 1 N–H and O–H groups in total. The highest BCUT2D eigenvalue weighted by atomic mass is 32.1. The molecule has 0 fully saturated rings. The van der Waals surface area contributed by atoms with Gasteiger partial charge >= 0.3 is 0 Å². The van der Waals surface area contributed by atoms with Gasteiger partial charge in [0.1, 0.15) is 12.4 Å². The molecule has 2 aromatic heterocycles. The third-order valence-corrected chi connectivity index (χ3v) is 4.07. The Bertz CT molecular complexity index is 815. The number of aryl methyl sites for hydroxylation is 1. The minimum Gasteiger partial charge on any atom is -0.350 e. The molecule has 3 aromatic rings. The average Bonchev–Trinajstić information content (AvgIpc) is 3.19. The highest BCUT2D eigenvalue weighted by Crippen LogP contribution is 2.19. The summed E-state index contributed by atoms with van der Waals surface area (Å²) in [5.74, 6) is -0.0511. The third kappa shape index (κ3) is 3.78. The van der Waals surface area contributed by atoms with Crippen LogP contribution in [0.1, 0.15) is 11.1 Å². The first-order valence-electron chi connectivity index (χ1n) is 6.95. The lowest BCUT2D eigenvalue weighted by atomic mass is 10.1. The molecule has 0 spiro atoms. The van der Waals surface area contributed by atoms with E-state index >= 15 is 0 Å². The van der Waals surface area contributed by atoms with E-state index < -0.39 is 0 Å². The van der Waals surface area contributed by atoms with E-state index in [2.05, 4.69) is 20.7 Å². The second-order valence-electron chi connectivity index (χ2n) is 4.98. The van der Waals surface area contributed by atoms with E-state index in [1.165, 1.54) is 22.2 Å². The molecule has 3 rings (SSSR count). The van der Waals surface area contributed by atoms with Crippen LogP contribution < -0.4 is 5.32 Å². The first-order chi connectivity index (χ1) is 11.1. The Kier molecular flexibility index (Phi) is 4.42. The van der Waals surface area contributed by atoms with E-state index in [-0.39, 0.29) is 24.8 Å². The minimum atomic E-state index is -0.282. The summed E-state index contributed by atoms with van der Waals surface area (Å²) in [5.41, 5.74) is 1.28. The van der Waals surface area contributed by atoms with Crippen molar-refractivity contribution in [3.05, 3.63) is 52.7 Å². The van der Waals surface area contributed by atoms with Gasteiger partial charge in [0, 0.05) is 6.54 Å². The van der Waals surface area contributed by atoms with E-state index in [1.807, 2.05) is 17.5 Å². The normalized spacial score (nSPS) is 10.7. The van der Waals surface area contributed by atoms with Gasteiger partial charge < -0.3 is 5.32 Å². The molecular formula is C15H14FN5OS. The summed E-state index contributed by atoms with van der Waals surface area (Å²) in [5, 5.41) is 16.6. The third-order valence-electron chi connectivity index (χ3n) is 3.21. The molecule has 8 heteroatoms. The molecule has 0 atom stereocenters. The van der Waals surface area contributed by atoms with Crippen LogP contribution in [-0.2, 0) is 17.9 Å². The summed E-state index contributed by atoms with van der Waals surface area (Å²) in [4.78, 5) is 14.0. The van der Waals surface area contributed by atoms with Crippen molar-refractivity contribution in [1.82, 2.24) is 25.5 Å². The van der Waals surface area contributed by atoms with Gasteiger partial charge in [-0.25, -0.2) is 4.39 Å². The highest BCUT2D eigenvalue weighted by Gasteiger charge is 2.10. The second-order valence-corrected chi connectivity index (χ2v) is 5.93. The number of hydrogen-bond acceptors (Lipinski definition) is 5. The lowest BCUT2D eigenvalue weighted by molar-refractivity contribution is -0.122. The molecular weight excluding hydrogens is 317 g/mol. The molecule has 0 saturated heterocycles. The van der Waals surface area contributed by atoms with E-state index in [9.17, 15) is 9.18 Å². The summed E-state index contributed by atoms with van der Waals surface area (Å²) in [7, 11) is 0. The molecule has 0 aliphatic rings. The van der Waals surface area contributed by atoms with Crippen molar-refractivity contribution in [2.24, 2.45) is 0 Å². The molecule has 23 heavy (non-hydrogen) atoms. The van der Waals surface area contributed by atoms with Crippen molar-refractivity contribution < 1.29 is 9.18 Å². The minimum absolute atomic E-state index is 0.0350. The summed E-state index contributed by atoms with van der Waals surface area (Å²) >= 11 is 1.50. The topological polar surface area (TPSA) is 72.7 Å². The first kappa shape index (κ1) is 15.3. The number of carbonyl (C=O) groups excluding carboxylic acids is 1. The van der Waals surface area contributed by atoms with Gasteiger partial charge in [-0.3, -0.25) is 4.79 Å². The number of nitrogens with one attached hydrogen (secondary N) is 1. The number of carbonyl (C=O) groups is 1. The van der Waals surface area contributed by atoms with Gasteiger partial charge in [0.05, 0.1) is 4.88 Å². The van der Waals surface area contributed by atoms with Crippen molar-refractivity contribution in [2.45, 2.75) is 20.0 Å². The van der Waals surface area contributed by atoms with Gasteiger partial charge in [0.15, 0.2) is 0 Å². The van der Waals surface area contributed by atoms with Gasteiger partial charge in [0.25, 0.3) is 0 Å². The van der Waals surface area contributed by atoms with Gasteiger partial charge in [-0.2, -0.15) is 4.80 Å². The molecule has 0 bridgehead atoms. The van der Waals surface area contributed by atoms with Gasteiger partial charge in [-0.15, -0.1) is 21.5 Å².